The first-order valence-electron chi connectivity index (χ1n) is 7.50. The smallest absolute Gasteiger partial charge is 0.320 e. The van der Waals surface area contributed by atoms with E-state index in [0.717, 1.165) is 19.6 Å². The number of hydrogen-bond acceptors (Lipinski definition) is 4. The lowest BCUT2D eigenvalue weighted by atomic mass is 9.97. The molecule has 0 aromatic rings. The van der Waals surface area contributed by atoms with Crippen LogP contribution >= 0.6 is 0 Å². The van der Waals surface area contributed by atoms with Crippen molar-refractivity contribution in [2.75, 3.05) is 33.2 Å². The normalized spacial score (nSPS) is 30.8. The Hall–Kier alpha value is -0.650. The van der Waals surface area contributed by atoms with Crippen LogP contribution in [0.4, 0.5) is 0 Å². The maximum atomic E-state index is 11.0. The largest absolute Gasteiger partial charge is 0.480 e. The number of carbonyl (C=O) groups is 1. The molecule has 0 aromatic carbocycles. The van der Waals surface area contributed by atoms with Gasteiger partial charge in [-0.3, -0.25) is 14.6 Å². The molecule has 110 valence electrons. The summed E-state index contributed by atoms with van der Waals surface area (Å²) < 4.78 is 0. The summed E-state index contributed by atoms with van der Waals surface area (Å²) in [6, 6.07) is 0.819. The highest BCUT2D eigenvalue weighted by atomic mass is 16.4. The number of fused-ring (bicyclic) bond motifs is 1. The number of carboxylic acid groups (broad SMARTS) is 1. The Kier molecular flexibility index (Phi) is 5.19. The van der Waals surface area contributed by atoms with Gasteiger partial charge in [0.05, 0.1) is 0 Å². The fraction of sp³-hybridized carbons (Fsp3) is 0.929. The van der Waals surface area contributed by atoms with Crippen LogP contribution in [0.15, 0.2) is 0 Å². The first kappa shape index (κ1) is 14.8. The molecular formula is C14H27N3O2. The van der Waals surface area contributed by atoms with E-state index in [1.165, 1.54) is 25.8 Å². The van der Waals surface area contributed by atoms with Crippen LogP contribution in [0.25, 0.3) is 0 Å². The Morgan fingerprint density at radius 1 is 1.42 bits per heavy atom. The Morgan fingerprint density at radius 2 is 2.21 bits per heavy atom. The third-order valence-electron chi connectivity index (χ3n) is 4.67. The lowest BCUT2D eigenvalue weighted by molar-refractivity contribution is -0.139. The summed E-state index contributed by atoms with van der Waals surface area (Å²) in [4.78, 5) is 16.1. The molecule has 2 aliphatic heterocycles. The molecule has 2 N–H and O–H groups in total. The van der Waals surface area contributed by atoms with Crippen LogP contribution in [0.2, 0.25) is 0 Å². The Bertz CT molecular complexity index is 311. The molecule has 19 heavy (non-hydrogen) atoms. The van der Waals surface area contributed by atoms with Gasteiger partial charge in [0.1, 0.15) is 6.04 Å². The average molecular weight is 269 g/mol. The van der Waals surface area contributed by atoms with Gasteiger partial charge in [0.25, 0.3) is 0 Å². The summed E-state index contributed by atoms with van der Waals surface area (Å²) in [5.41, 5.74) is 0. The highest BCUT2D eigenvalue weighted by Crippen LogP contribution is 2.24. The van der Waals surface area contributed by atoms with Crippen molar-refractivity contribution in [1.29, 1.82) is 0 Å². The first-order chi connectivity index (χ1) is 9.11. The predicted octanol–water partition coefficient (Wildman–Crippen LogP) is 0.608. The minimum absolute atomic E-state index is 0.420. The molecule has 0 saturated carbocycles. The maximum absolute atomic E-state index is 11.0. The number of piperidine rings is 1. The fourth-order valence-corrected chi connectivity index (χ4v) is 3.41. The zero-order chi connectivity index (χ0) is 13.8. The molecule has 0 aromatic heterocycles. The van der Waals surface area contributed by atoms with E-state index in [9.17, 15) is 4.79 Å². The van der Waals surface area contributed by atoms with Gasteiger partial charge in [-0.15, -0.1) is 0 Å². The predicted molar refractivity (Wildman–Crippen MR) is 75.3 cm³/mol. The lowest BCUT2D eigenvalue weighted by Gasteiger charge is -2.47. The number of nitrogens with zero attached hydrogens (tertiary/aromatic N) is 2. The van der Waals surface area contributed by atoms with Crippen molar-refractivity contribution >= 4 is 5.97 Å². The van der Waals surface area contributed by atoms with Crippen molar-refractivity contribution in [3.63, 3.8) is 0 Å². The van der Waals surface area contributed by atoms with Gasteiger partial charge in [0.2, 0.25) is 0 Å². The minimum atomic E-state index is -0.744. The first-order valence-corrected chi connectivity index (χ1v) is 7.50. The molecule has 3 unspecified atom stereocenters. The molecule has 0 aliphatic carbocycles. The summed E-state index contributed by atoms with van der Waals surface area (Å²) in [5, 5.41) is 11.9. The quantitative estimate of drug-likeness (QED) is 0.766. The monoisotopic (exact) mass is 269 g/mol. The molecule has 2 rings (SSSR count). The van der Waals surface area contributed by atoms with E-state index in [0.29, 0.717) is 18.5 Å². The molecular weight excluding hydrogens is 242 g/mol. The van der Waals surface area contributed by atoms with E-state index in [4.69, 9.17) is 5.11 Å². The molecule has 2 saturated heterocycles. The van der Waals surface area contributed by atoms with E-state index in [1.807, 2.05) is 0 Å². The summed E-state index contributed by atoms with van der Waals surface area (Å²) in [7, 11) is 1.72. The second-order valence-electron chi connectivity index (χ2n) is 5.96. The molecule has 5 heteroatoms. The van der Waals surface area contributed by atoms with Gasteiger partial charge in [-0.2, -0.15) is 0 Å². The fourth-order valence-electron chi connectivity index (χ4n) is 3.41. The Balaban J connectivity index is 1.84. The summed E-state index contributed by atoms with van der Waals surface area (Å²) in [5.74, 6) is -0.744. The second-order valence-corrected chi connectivity index (χ2v) is 5.96. The molecule has 2 fully saturated rings. The number of aliphatic carboxylic acids is 1. The third kappa shape index (κ3) is 3.68. The van der Waals surface area contributed by atoms with E-state index in [2.05, 4.69) is 22.0 Å². The zero-order valence-corrected chi connectivity index (χ0v) is 12.1. The van der Waals surface area contributed by atoms with Crippen molar-refractivity contribution in [1.82, 2.24) is 15.1 Å². The van der Waals surface area contributed by atoms with Gasteiger partial charge in [-0.05, 0) is 39.8 Å². The van der Waals surface area contributed by atoms with Crippen LogP contribution in [0.5, 0.6) is 0 Å². The second kappa shape index (κ2) is 6.68. The lowest BCUT2D eigenvalue weighted by Crippen LogP contribution is -2.59. The number of rotatable bonds is 5. The summed E-state index contributed by atoms with van der Waals surface area (Å²) in [6.07, 6.45) is 4.67. The van der Waals surface area contributed by atoms with Gasteiger partial charge in [0.15, 0.2) is 0 Å². The standard InChI is InChI=1S/C14H27N3O2/c1-11-9-17-7-4-3-5-12(17)10-16(11)8-6-13(15-2)14(18)19/h11-13,15H,3-10H2,1-2H3,(H,18,19). The number of likely N-dealkylation sites (N-methyl/N-ethyl adjacent to an activating group) is 1. The number of carboxylic acids is 1. The molecule has 2 heterocycles. The highest BCUT2D eigenvalue weighted by molar-refractivity contribution is 5.73. The van der Waals surface area contributed by atoms with Crippen LogP contribution in [0.3, 0.4) is 0 Å². The SMILES string of the molecule is CNC(CCN1CC2CCCCN2CC1C)C(=O)O. The van der Waals surface area contributed by atoms with Gasteiger partial charge in [0, 0.05) is 31.7 Å². The van der Waals surface area contributed by atoms with Crippen LogP contribution < -0.4 is 5.32 Å². The topological polar surface area (TPSA) is 55.8 Å². The van der Waals surface area contributed by atoms with Gasteiger partial charge in [-0.25, -0.2) is 0 Å². The van der Waals surface area contributed by atoms with Crippen molar-refractivity contribution in [2.45, 2.75) is 50.7 Å². The molecule has 0 bridgehead atoms. The molecule has 0 radical (unpaired) electrons. The highest BCUT2D eigenvalue weighted by Gasteiger charge is 2.33. The summed E-state index contributed by atoms with van der Waals surface area (Å²) in [6.45, 7) is 6.64. The van der Waals surface area contributed by atoms with Gasteiger partial charge < -0.3 is 10.4 Å². The van der Waals surface area contributed by atoms with Crippen molar-refractivity contribution in [2.24, 2.45) is 0 Å². The zero-order valence-electron chi connectivity index (χ0n) is 12.1. The van der Waals surface area contributed by atoms with E-state index in [1.54, 1.807) is 7.05 Å². The average Bonchev–Trinajstić information content (AvgIpc) is 2.39. The van der Waals surface area contributed by atoms with Gasteiger partial charge in [-0.1, -0.05) is 6.42 Å². The van der Waals surface area contributed by atoms with E-state index in [-0.39, 0.29) is 0 Å². The molecule has 0 amide bonds. The van der Waals surface area contributed by atoms with Gasteiger partial charge >= 0.3 is 5.97 Å². The Labute approximate surface area is 115 Å². The van der Waals surface area contributed by atoms with E-state index >= 15 is 0 Å². The molecule has 5 nitrogen and oxygen atoms in total. The number of piperazine rings is 1. The number of hydrogen-bond donors (Lipinski definition) is 2. The minimum Gasteiger partial charge on any atom is -0.480 e. The van der Waals surface area contributed by atoms with Crippen LogP contribution in [-0.2, 0) is 4.79 Å². The molecule has 3 atom stereocenters. The molecule has 2 aliphatic rings. The van der Waals surface area contributed by atoms with Crippen molar-refractivity contribution in [3.8, 4) is 0 Å². The van der Waals surface area contributed by atoms with Crippen LogP contribution in [0.1, 0.15) is 32.6 Å². The van der Waals surface area contributed by atoms with Crippen LogP contribution in [-0.4, -0.2) is 72.2 Å². The van der Waals surface area contributed by atoms with Crippen LogP contribution in [0, 0.1) is 0 Å². The van der Waals surface area contributed by atoms with Crippen molar-refractivity contribution < 1.29 is 9.90 Å². The van der Waals surface area contributed by atoms with E-state index < -0.39 is 12.0 Å². The third-order valence-corrected chi connectivity index (χ3v) is 4.67. The summed E-state index contributed by atoms with van der Waals surface area (Å²) >= 11 is 0. The van der Waals surface area contributed by atoms with Crippen molar-refractivity contribution in [3.05, 3.63) is 0 Å². The molecule has 0 spiro atoms. The number of nitrogens with one attached hydrogen (secondary N) is 1. The Morgan fingerprint density at radius 3 is 2.89 bits per heavy atom. The maximum Gasteiger partial charge on any atom is 0.320 e.